The minimum Gasteiger partial charge on any atom is -0.284 e. The lowest BCUT2D eigenvalue weighted by molar-refractivity contribution is 0.782. The smallest absolute Gasteiger partial charge is 0.165 e. The van der Waals surface area contributed by atoms with Crippen LogP contribution in [0.15, 0.2) is 176 Å². The number of benzene rings is 6. The van der Waals surface area contributed by atoms with Gasteiger partial charge in [-0.05, 0) is 57.6 Å². The van der Waals surface area contributed by atoms with E-state index in [1.807, 2.05) is 24.4 Å². The number of nitrogens with zero attached hydrogens (tertiary/aromatic N) is 5. The second-order valence-corrected chi connectivity index (χ2v) is 14.2. The summed E-state index contributed by atoms with van der Waals surface area (Å²) in [6.07, 6.45) is 7.42. The van der Waals surface area contributed by atoms with Gasteiger partial charge in [-0.3, -0.25) is 4.40 Å². The van der Waals surface area contributed by atoms with Gasteiger partial charge in [0.05, 0.1) is 17.1 Å². The fourth-order valence-corrected chi connectivity index (χ4v) is 8.26. The van der Waals surface area contributed by atoms with E-state index in [0.717, 1.165) is 90.1 Å². The largest absolute Gasteiger partial charge is 0.284 e. The number of pyridine rings is 2. The van der Waals surface area contributed by atoms with Crippen molar-refractivity contribution in [2.45, 2.75) is 12.3 Å². The number of fused-ring (bicyclic) bond motifs is 7. The zero-order valence-corrected chi connectivity index (χ0v) is 29.8. The molecule has 1 atom stereocenters. The first-order valence-corrected chi connectivity index (χ1v) is 18.7. The predicted octanol–water partition coefficient (Wildman–Crippen LogP) is 12.2. The van der Waals surface area contributed by atoms with Crippen molar-refractivity contribution in [1.82, 2.24) is 24.3 Å². The lowest BCUT2D eigenvalue weighted by Crippen LogP contribution is -2.09. The molecule has 258 valence electrons. The lowest BCUT2D eigenvalue weighted by atomic mass is 9.84. The highest BCUT2D eigenvalue weighted by Crippen LogP contribution is 2.38. The molecule has 1 unspecified atom stereocenters. The molecular formula is C50H33N5. The van der Waals surface area contributed by atoms with E-state index in [0.29, 0.717) is 0 Å². The molecule has 6 aromatic carbocycles. The second-order valence-electron chi connectivity index (χ2n) is 14.2. The Kier molecular flexibility index (Phi) is 7.24. The highest BCUT2D eigenvalue weighted by atomic mass is 15.1. The molecule has 10 aromatic rings. The van der Waals surface area contributed by atoms with Gasteiger partial charge in [0.1, 0.15) is 11.2 Å². The van der Waals surface area contributed by atoms with Gasteiger partial charge >= 0.3 is 0 Å². The van der Waals surface area contributed by atoms with E-state index in [9.17, 15) is 0 Å². The van der Waals surface area contributed by atoms with E-state index in [2.05, 4.69) is 162 Å². The second kappa shape index (κ2) is 12.7. The summed E-state index contributed by atoms with van der Waals surface area (Å²) < 4.78 is 2.07. The zero-order chi connectivity index (χ0) is 36.3. The first-order chi connectivity index (χ1) is 27.2. The van der Waals surface area contributed by atoms with Crippen LogP contribution in [0.1, 0.15) is 29.2 Å². The molecule has 4 heterocycles. The van der Waals surface area contributed by atoms with Gasteiger partial charge in [0.2, 0.25) is 0 Å². The van der Waals surface area contributed by atoms with E-state index >= 15 is 0 Å². The number of allylic oxidation sites excluding steroid dienone is 1. The van der Waals surface area contributed by atoms with E-state index < -0.39 is 0 Å². The van der Waals surface area contributed by atoms with Crippen molar-refractivity contribution in [3.05, 3.63) is 193 Å². The Balaban J connectivity index is 0.973. The van der Waals surface area contributed by atoms with E-state index in [4.69, 9.17) is 19.9 Å². The fourth-order valence-electron chi connectivity index (χ4n) is 8.26. The standard InChI is InChI=1S/C50H33N5/c1-3-15-38-34(11-1)13-9-19-40(38)45-31-44(51-49(52-45)43-20-10-14-35-12-2-4-16-39(35)43)36-26-22-32(23-27-36)33-24-28-37(29-25-33)47-41-17-5-6-18-42(41)48-50(54-47)55-30-8-7-21-46(55)53-48/h1-18,20-31,40H,19H2. The summed E-state index contributed by atoms with van der Waals surface area (Å²) in [5.41, 5.74) is 13.6. The molecule has 0 fully saturated rings. The maximum atomic E-state index is 5.29. The van der Waals surface area contributed by atoms with Gasteiger partial charge in [0, 0.05) is 39.6 Å². The monoisotopic (exact) mass is 703 g/mol. The van der Waals surface area contributed by atoms with Gasteiger partial charge < -0.3 is 0 Å². The van der Waals surface area contributed by atoms with Crippen LogP contribution in [-0.2, 0) is 0 Å². The topological polar surface area (TPSA) is 56.0 Å². The van der Waals surface area contributed by atoms with E-state index in [1.54, 1.807) is 0 Å². The van der Waals surface area contributed by atoms with E-state index in [-0.39, 0.29) is 5.92 Å². The molecule has 1 aliphatic rings. The van der Waals surface area contributed by atoms with Crippen LogP contribution >= 0.6 is 0 Å². The average Bonchev–Trinajstić information content (AvgIpc) is 3.65. The van der Waals surface area contributed by atoms with Gasteiger partial charge in [-0.1, -0.05) is 158 Å². The SMILES string of the molecule is C1=Cc2ccccc2C(c2cc(-c3ccc(-c4ccc(-c5nc6c(nc7ccccn76)c6ccccc56)cc4)cc3)nc(-c3cccc4ccccc34)n2)C1. The number of hydrogen-bond acceptors (Lipinski definition) is 4. The molecule has 0 saturated heterocycles. The minimum atomic E-state index is 0.148. The van der Waals surface area contributed by atoms with Gasteiger partial charge in [-0.2, -0.15) is 0 Å². The minimum absolute atomic E-state index is 0.148. The van der Waals surface area contributed by atoms with Crippen molar-refractivity contribution in [2.24, 2.45) is 0 Å². The summed E-state index contributed by atoms with van der Waals surface area (Å²) in [4.78, 5) is 20.6. The molecule has 0 amide bonds. The van der Waals surface area contributed by atoms with Crippen LogP contribution in [-0.4, -0.2) is 24.3 Å². The number of rotatable bonds is 5. The van der Waals surface area contributed by atoms with Gasteiger partial charge in [-0.15, -0.1) is 0 Å². The highest BCUT2D eigenvalue weighted by Gasteiger charge is 2.23. The van der Waals surface area contributed by atoms with Crippen LogP contribution in [0, 0.1) is 0 Å². The zero-order valence-electron chi connectivity index (χ0n) is 29.8. The number of aromatic nitrogens is 5. The maximum absolute atomic E-state index is 5.29. The number of hydrogen-bond donors (Lipinski definition) is 0. The molecule has 0 bridgehead atoms. The summed E-state index contributed by atoms with van der Waals surface area (Å²) in [5.74, 6) is 0.897. The molecule has 5 nitrogen and oxygen atoms in total. The van der Waals surface area contributed by atoms with Gasteiger partial charge in [-0.25, -0.2) is 19.9 Å². The van der Waals surface area contributed by atoms with Crippen LogP contribution < -0.4 is 0 Å². The molecule has 1 aliphatic carbocycles. The van der Waals surface area contributed by atoms with Crippen molar-refractivity contribution in [2.75, 3.05) is 0 Å². The molecule has 55 heavy (non-hydrogen) atoms. The molecule has 0 saturated carbocycles. The summed E-state index contributed by atoms with van der Waals surface area (Å²) in [6, 6.07) is 57.7. The Morgan fingerprint density at radius 3 is 2.07 bits per heavy atom. The average molecular weight is 704 g/mol. The summed E-state index contributed by atoms with van der Waals surface area (Å²) in [7, 11) is 0. The molecule has 0 spiro atoms. The molecule has 0 N–H and O–H groups in total. The molecular weight excluding hydrogens is 671 g/mol. The Morgan fingerprint density at radius 1 is 0.527 bits per heavy atom. The van der Waals surface area contributed by atoms with Crippen molar-refractivity contribution in [3.63, 3.8) is 0 Å². The van der Waals surface area contributed by atoms with Crippen LogP contribution in [0.2, 0.25) is 0 Å². The van der Waals surface area contributed by atoms with Gasteiger partial charge in [0.25, 0.3) is 0 Å². The van der Waals surface area contributed by atoms with Crippen LogP contribution in [0.4, 0.5) is 0 Å². The molecule has 5 heteroatoms. The molecule has 4 aromatic heterocycles. The quantitative estimate of drug-likeness (QED) is 0.179. The first-order valence-electron chi connectivity index (χ1n) is 18.7. The molecule has 11 rings (SSSR count). The van der Waals surface area contributed by atoms with Gasteiger partial charge in [0.15, 0.2) is 11.5 Å². The highest BCUT2D eigenvalue weighted by molar-refractivity contribution is 6.09. The predicted molar refractivity (Wildman–Crippen MR) is 225 cm³/mol. The third-order valence-corrected chi connectivity index (χ3v) is 11.0. The lowest BCUT2D eigenvalue weighted by Gasteiger charge is -2.22. The Labute approximate surface area is 318 Å². The van der Waals surface area contributed by atoms with E-state index in [1.165, 1.54) is 16.5 Å². The normalized spacial score (nSPS) is 13.9. The van der Waals surface area contributed by atoms with Crippen LogP contribution in [0.5, 0.6) is 0 Å². The maximum Gasteiger partial charge on any atom is 0.165 e. The Bertz CT molecular complexity index is 3120. The van der Waals surface area contributed by atoms with Crippen molar-refractivity contribution in [1.29, 1.82) is 0 Å². The summed E-state index contributed by atoms with van der Waals surface area (Å²) in [5, 5.41) is 4.52. The Hall–Kier alpha value is -7.24. The van der Waals surface area contributed by atoms with Crippen molar-refractivity contribution < 1.29 is 0 Å². The van der Waals surface area contributed by atoms with Crippen LogP contribution in [0.3, 0.4) is 0 Å². The van der Waals surface area contributed by atoms with Crippen molar-refractivity contribution >= 4 is 44.4 Å². The first kappa shape index (κ1) is 31.3. The fraction of sp³-hybridized carbons (Fsp3) is 0.0400. The summed E-state index contributed by atoms with van der Waals surface area (Å²) in [6.45, 7) is 0. The molecule has 0 aliphatic heterocycles. The summed E-state index contributed by atoms with van der Waals surface area (Å²) >= 11 is 0. The Morgan fingerprint density at radius 2 is 1.22 bits per heavy atom. The third-order valence-electron chi connectivity index (χ3n) is 11.0. The number of imidazole rings is 1. The third kappa shape index (κ3) is 5.32. The van der Waals surface area contributed by atoms with Crippen LogP contribution in [0.25, 0.3) is 89.5 Å². The molecule has 0 radical (unpaired) electrons. The van der Waals surface area contributed by atoms with Crippen molar-refractivity contribution in [3.8, 4) is 45.0 Å².